The first-order chi connectivity index (χ1) is 9.46. The Morgan fingerprint density at radius 2 is 2.00 bits per heavy atom. The summed E-state index contributed by atoms with van der Waals surface area (Å²) < 4.78 is 30.4. The average Bonchev–Trinajstić information content (AvgIpc) is 2.89. The number of nitrogens with zero attached hydrogens (tertiary/aromatic N) is 1. The van der Waals surface area contributed by atoms with Crippen LogP contribution in [0, 0.1) is 0 Å². The smallest absolute Gasteiger partial charge is 0.217 e. The highest BCUT2D eigenvalue weighted by molar-refractivity contribution is 7.88. The van der Waals surface area contributed by atoms with E-state index in [1.807, 2.05) is 0 Å². The van der Waals surface area contributed by atoms with Gasteiger partial charge < -0.3 is 9.63 Å². The first-order valence-electron chi connectivity index (χ1n) is 5.76. The van der Waals surface area contributed by atoms with Gasteiger partial charge in [-0.2, -0.15) is 0 Å². The molecule has 0 bridgehead atoms. The SMILES string of the molecule is O=S(=O)(Cc1ccon1)NCC(O)c1ccc(Cl)cc1. The lowest BCUT2D eigenvalue weighted by molar-refractivity contribution is 0.182. The second-order valence-corrected chi connectivity index (χ2v) is 6.41. The van der Waals surface area contributed by atoms with E-state index in [1.165, 1.54) is 12.3 Å². The Hall–Kier alpha value is -1.41. The van der Waals surface area contributed by atoms with Crippen LogP contribution in [-0.4, -0.2) is 25.2 Å². The number of rotatable bonds is 6. The fraction of sp³-hybridized carbons (Fsp3) is 0.250. The van der Waals surface area contributed by atoms with Crippen molar-refractivity contribution in [3.05, 3.63) is 52.9 Å². The summed E-state index contributed by atoms with van der Waals surface area (Å²) >= 11 is 5.74. The van der Waals surface area contributed by atoms with Crippen molar-refractivity contribution in [1.82, 2.24) is 9.88 Å². The van der Waals surface area contributed by atoms with Crippen molar-refractivity contribution >= 4 is 21.6 Å². The maximum Gasteiger partial charge on any atom is 0.217 e. The van der Waals surface area contributed by atoms with Crippen molar-refractivity contribution in [2.75, 3.05) is 6.54 Å². The third-order valence-corrected chi connectivity index (χ3v) is 4.11. The number of benzene rings is 1. The monoisotopic (exact) mass is 316 g/mol. The number of hydrogen-bond donors (Lipinski definition) is 2. The molecule has 0 fully saturated rings. The van der Waals surface area contributed by atoms with Gasteiger partial charge in [0.05, 0.1) is 11.8 Å². The van der Waals surface area contributed by atoms with E-state index in [0.29, 0.717) is 16.3 Å². The molecular formula is C12H13ClN2O4S. The third kappa shape index (κ3) is 4.31. The van der Waals surface area contributed by atoms with Crippen molar-refractivity contribution in [3.63, 3.8) is 0 Å². The molecule has 2 rings (SSSR count). The van der Waals surface area contributed by atoms with E-state index >= 15 is 0 Å². The molecule has 6 nitrogen and oxygen atoms in total. The first-order valence-corrected chi connectivity index (χ1v) is 7.79. The van der Waals surface area contributed by atoms with Crippen LogP contribution in [-0.2, 0) is 15.8 Å². The lowest BCUT2D eigenvalue weighted by Crippen LogP contribution is -2.29. The van der Waals surface area contributed by atoms with Gasteiger partial charge in [0.1, 0.15) is 12.0 Å². The van der Waals surface area contributed by atoms with Crippen LogP contribution >= 0.6 is 11.6 Å². The van der Waals surface area contributed by atoms with Gasteiger partial charge in [-0.1, -0.05) is 28.9 Å². The van der Waals surface area contributed by atoms with E-state index in [0.717, 1.165) is 0 Å². The van der Waals surface area contributed by atoms with Crippen LogP contribution in [0.5, 0.6) is 0 Å². The normalized spacial score (nSPS) is 13.3. The number of hydrogen-bond acceptors (Lipinski definition) is 5. The van der Waals surface area contributed by atoms with Crippen molar-refractivity contribution in [2.24, 2.45) is 0 Å². The Labute approximate surface area is 121 Å². The van der Waals surface area contributed by atoms with Crippen molar-refractivity contribution in [1.29, 1.82) is 0 Å². The molecule has 2 N–H and O–H groups in total. The van der Waals surface area contributed by atoms with Crippen molar-refractivity contribution in [3.8, 4) is 0 Å². The van der Waals surface area contributed by atoms with E-state index in [-0.39, 0.29) is 12.3 Å². The summed E-state index contributed by atoms with van der Waals surface area (Å²) in [4.78, 5) is 0. The highest BCUT2D eigenvalue weighted by Gasteiger charge is 2.16. The second kappa shape index (κ2) is 6.36. The maximum absolute atomic E-state index is 11.8. The van der Waals surface area contributed by atoms with E-state index in [1.54, 1.807) is 24.3 Å². The summed E-state index contributed by atoms with van der Waals surface area (Å²) in [5, 5.41) is 14.0. The molecule has 1 heterocycles. The van der Waals surface area contributed by atoms with Gasteiger partial charge >= 0.3 is 0 Å². The van der Waals surface area contributed by atoms with E-state index in [2.05, 4.69) is 14.4 Å². The predicted molar refractivity (Wildman–Crippen MR) is 73.5 cm³/mol. The zero-order valence-electron chi connectivity index (χ0n) is 10.4. The van der Waals surface area contributed by atoms with Gasteiger partial charge in [0.2, 0.25) is 10.0 Å². The van der Waals surface area contributed by atoms with Gasteiger partial charge in [-0.3, -0.25) is 0 Å². The Morgan fingerprint density at radius 3 is 2.60 bits per heavy atom. The van der Waals surface area contributed by atoms with Crippen LogP contribution in [0.4, 0.5) is 0 Å². The van der Waals surface area contributed by atoms with Crippen molar-refractivity contribution in [2.45, 2.75) is 11.9 Å². The molecule has 0 aliphatic heterocycles. The minimum Gasteiger partial charge on any atom is -0.387 e. The fourth-order valence-electron chi connectivity index (χ4n) is 1.57. The fourth-order valence-corrected chi connectivity index (χ4v) is 2.74. The standard InChI is InChI=1S/C12H13ClN2O4S/c13-10-3-1-9(2-4-10)12(16)7-14-20(17,18)8-11-5-6-19-15-11/h1-6,12,14,16H,7-8H2. The number of nitrogens with one attached hydrogen (secondary N) is 1. The summed E-state index contributed by atoms with van der Waals surface area (Å²) in [7, 11) is -3.57. The van der Waals surface area contributed by atoms with Crippen LogP contribution in [0.15, 0.2) is 41.1 Å². The van der Waals surface area contributed by atoms with E-state index < -0.39 is 16.1 Å². The highest BCUT2D eigenvalue weighted by atomic mass is 35.5. The molecule has 8 heteroatoms. The van der Waals surface area contributed by atoms with Crippen LogP contribution in [0.2, 0.25) is 5.02 Å². The molecule has 20 heavy (non-hydrogen) atoms. The van der Waals surface area contributed by atoms with Crippen LogP contribution in [0.3, 0.4) is 0 Å². The molecule has 0 spiro atoms. The molecule has 0 radical (unpaired) electrons. The highest BCUT2D eigenvalue weighted by Crippen LogP contribution is 2.16. The quantitative estimate of drug-likeness (QED) is 0.842. The molecule has 108 valence electrons. The van der Waals surface area contributed by atoms with Gasteiger partial charge in [0.15, 0.2) is 0 Å². The van der Waals surface area contributed by atoms with Crippen molar-refractivity contribution < 1.29 is 18.0 Å². The van der Waals surface area contributed by atoms with E-state index in [9.17, 15) is 13.5 Å². The number of sulfonamides is 1. The molecule has 1 aromatic heterocycles. The van der Waals surface area contributed by atoms with Gasteiger partial charge in [-0.05, 0) is 17.7 Å². The van der Waals surface area contributed by atoms with Gasteiger partial charge in [-0.15, -0.1) is 0 Å². The summed E-state index contributed by atoms with van der Waals surface area (Å²) in [5.41, 5.74) is 0.886. The maximum atomic E-state index is 11.8. The van der Waals surface area contributed by atoms with Crippen LogP contribution in [0.1, 0.15) is 17.4 Å². The molecule has 1 atom stereocenters. The molecule has 0 saturated heterocycles. The Kier molecular flexibility index (Phi) is 4.77. The first kappa shape index (κ1) is 15.0. The minimum atomic E-state index is -3.57. The lowest BCUT2D eigenvalue weighted by atomic mass is 10.1. The number of aromatic nitrogens is 1. The molecule has 0 saturated carbocycles. The zero-order chi connectivity index (χ0) is 14.6. The molecule has 0 aliphatic carbocycles. The predicted octanol–water partition coefficient (Wildman–Crippen LogP) is 1.48. The molecule has 0 aliphatic rings. The third-order valence-electron chi connectivity index (χ3n) is 2.58. The molecule has 1 unspecified atom stereocenters. The summed E-state index contributed by atoms with van der Waals surface area (Å²) in [5.74, 6) is -0.295. The molecular weight excluding hydrogens is 304 g/mol. The number of halogens is 1. The Balaban J connectivity index is 1.92. The van der Waals surface area contributed by atoms with Gasteiger partial charge in [0, 0.05) is 17.6 Å². The summed E-state index contributed by atoms with van der Waals surface area (Å²) in [6.45, 7) is -0.123. The van der Waals surface area contributed by atoms with E-state index in [4.69, 9.17) is 11.6 Å². The summed E-state index contributed by atoms with van der Waals surface area (Å²) in [6.07, 6.45) is 0.354. The average molecular weight is 317 g/mol. The topological polar surface area (TPSA) is 92.4 Å². The second-order valence-electron chi connectivity index (χ2n) is 4.17. The number of aliphatic hydroxyl groups excluding tert-OH is 1. The lowest BCUT2D eigenvalue weighted by Gasteiger charge is -2.12. The molecule has 0 amide bonds. The minimum absolute atomic E-state index is 0.123. The molecule has 2 aromatic rings. The van der Waals surface area contributed by atoms with Gasteiger partial charge in [-0.25, -0.2) is 13.1 Å². The van der Waals surface area contributed by atoms with Crippen LogP contribution in [0.25, 0.3) is 0 Å². The molecule has 1 aromatic carbocycles. The van der Waals surface area contributed by atoms with Gasteiger partial charge in [0.25, 0.3) is 0 Å². The Morgan fingerprint density at radius 1 is 1.30 bits per heavy atom. The van der Waals surface area contributed by atoms with Crippen LogP contribution < -0.4 is 4.72 Å². The largest absolute Gasteiger partial charge is 0.387 e. The zero-order valence-corrected chi connectivity index (χ0v) is 11.9. The Bertz CT molecular complexity index is 641. The number of aliphatic hydroxyl groups is 1. The summed E-state index contributed by atoms with van der Waals surface area (Å²) in [6, 6.07) is 8.00.